The zero-order valence-electron chi connectivity index (χ0n) is 14.6. The Bertz CT molecular complexity index is 714. The van der Waals surface area contributed by atoms with Crippen molar-refractivity contribution >= 4 is 29.2 Å². The lowest BCUT2D eigenvalue weighted by Crippen LogP contribution is -2.25. The molecule has 0 spiro atoms. The first-order chi connectivity index (χ1) is 12.2. The highest BCUT2D eigenvalue weighted by molar-refractivity contribution is 7.99. The van der Waals surface area contributed by atoms with Crippen LogP contribution in [0.25, 0.3) is 0 Å². The van der Waals surface area contributed by atoms with Gasteiger partial charge < -0.3 is 10.2 Å². The van der Waals surface area contributed by atoms with Crippen molar-refractivity contribution in [2.24, 2.45) is 0 Å². The van der Waals surface area contributed by atoms with Gasteiger partial charge in [0, 0.05) is 25.0 Å². The Kier molecular flexibility index (Phi) is 6.28. The molecular weight excluding hydrogens is 332 g/mol. The van der Waals surface area contributed by atoms with Gasteiger partial charge in [0.15, 0.2) is 5.16 Å². The van der Waals surface area contributed by atoms with Crippen molar-refractivity contribution in [2.45, 2.75) is 37.8 Å². The summed E-state index contributed by atoms with van der Waals surface area (Å²) in [4.78, 5) is 23.4. The largest absolute Gasteiger partial charge is 0.356 e. The van der Waals surface area contributed by atoms with Crippen LogP contribution in [0.1, 0.15) is 31.2 Å². The zero-order chi connectivity index (χ0) is 17.5. The summed E-state index contributed by atoms with van der Waals surface area (Å²) in [7, 11) is 0. The van der Waals surface area contributed by atoms with Crippen LogP contribution in [0, 0.1) is 6.92 Å². The number of benzene rings is 1. The number of carbonyl (C=O) groups is 1. The molecule has 1 saturated heterocycles. The van der Waals surface area contributed by atoms with Crippen LogP contribution < -0.4 is 10.2 Å². The first kappa shape index (κ1) is 17.7. The fourth-order valence-electron chi connectivity index (χ4n) is 2.93. The summed E-state index contributed by atoms with van der Waals surface area (Å²) in [5, 5.41) is 3.57. The molecule has 1 aromatic carbocycles. The molecule has 0 radical (unpaired) electrons. The van der Waals surface area contributed by atoms with Crippen LogP contribution in [0.4, 0.5) is 11.5 Å². The van der Waals surface area contributed by atoms with Gasteiger partial charge in [0.2, 0.25) is 5.91 Å². The van der Waals surface area contributed by atoms with Crippen molar-refractivity contribution in [2.75, 3.05) is 29.1 Å². The SMILES string of the molecule is Cc1cccc(NC(=O)CSc2nccc(N3CCCCCC3)n2)c1. The van der Waals surface area contributed by atoms with E-state index in [1.54, 1.807) is 6.20 Å². The van der Waals surface area contributed by atoms with Gasteiger partial charge in [-0.2, -0.15) is 0 Å². The van der Waals surface area contributed by atoms with Crippen LogP contribution >= 0.6 is 11.8 Å². The normalized spacial score (nSPS) is 14.8. The predicted molar refractivity (Wildman–Crippen MR) is 103 cm³/mol. The van der Waals surface area contributed by atoms with E-state index in [0.29, 0.717) is 10.9 Å². The van der Waals surface area contributed by atoms with Gasteiger partial charge in [0.05, 0.1) is 5.75 Å². The van der Waals surface area contributed by atoms with Gasteiger partial charge in [-0.05, 0) is 43.5 Å². The first-order valence-electron chi connectivity index (χ1n) is 8.78. The molecule has 5 nitrogen and oxygen atoms in total. The van der Waals surface area contributed by atoms with Crippen LogP contribution in [0.2, 0.25) is 0 Å². The van der Waals surface area contributed by atoms with Crippen LogP contribution in [0.15, 0.2) is 41.7 Å². The molecule has 1 fully saturated rings. The van der Waals surface area contributed by atoms with E-state index in [0.717, 1.165) is 30.2 Å². The van der Waals surface area contributed by atoms with Gasteiger partial charge in [-0.15, -0.1) is 0 Å². The van der Waals surface area contributed by atoms with E-state index < -0.39 is 0 Å². The van der Waals surface area contributed by atoms with E-state index in [2.05, 4.69) is 20.2 Å². The van der Waals surface area contributed by atoms with Crippen molar-refractivity contribution in [1.29, 1.82) is 0 Å². The van der Waals surface area contributed by atoms with Crippen molar-refractivity contribution in [3.05, 3.63) is 42.1 Å². The molecule has 132 valence electrons. The molecule has 1 amide bonds. The maximum Gasteiger partial charge on any atom is 0.234 e. The number of aromatic nitrogens is 2. The fraction of sp³-hybridized carbons (Fsp3) is 0.421. The van der Waals surface area contributed by atoms with Crippen molar-refractivity contribution in [3.8, 4) is 0 Å². The van der Waals surface area contributed by atoms with Crippen LogP contribution in [0.3, 0.4) is 0 Å². The highest BCUT2D eigenvalue weighted by Crippen LogP contribution is 2.20. The van der Waals surface area contributed by atoms with E-state index in [9.17, 15) is 4.79 Å². The highest BCUT2D eigenvalue weighted by atomic mass is 32.2. The minimum atomic E-state index is -0.0422. The highest BCUT2D eigenvalue weighted by Gasteiger charge is 2.12. The lowest BCUT2D eigenvalue weighted by molar-refractivity contribution is -0.113. The quantitative estimate of drug-likeness (QED) is 0.650. The molecule has 0 unspecified atom stereocenters. The third-order valence-electron chi connectivity index (χ3n) is 4.18. The topological polar surface area (TPSA) is 58.1 Å². The number of amides is 1. The van der Waals surface area contributed by atoms with Crippen molar-refractivity contribution < 1.29 is 4.79 Å². The summed E-state index contributed by atoms with van der Waals surface area (Å²) < 4.78 is 0. The van der Waals surface area contributed by atoms with Gasteiger partial charge >= 0.3 is 0 Å². The Balaban J connectivity index is 1.55. The fourth-order valence-corrected chi connectivity index (χ4v) is 3.55. The molecule has 1 aliphatic heterocycles. The molecule has 25 heavy (non-hydrogen) atoms. The zero-order valence-corrected chi connectivity index (χ0v) is 15.4. The summed E-state index contributed by atoms with van der Waals surface area (Å²) in [6.07, 6.45) is 6.80. The molecule has 0 saturated carbocycles. The Morgan fingerprint density at radius 2 is 2.00 bits per heavy atom. The number of thioether (sulfide) groups is 1. The maximum atomic E-state index is 12.1. The number of nitrogens with one attached hydrogen (secondary N) is 1. The molecule has 2 aromatic rings. The number of hydrogen-bond donors (Lipinski definition) is 1. The van der Waals surface area contributed by atoms with Gasteiger partial charge in [-0.1, -0.05) is 36.7 Å². The van der Waals surface area contributed by atoms with Crippen LogP contribution in [-0.2, 0) is 4.79 Å². The monoisotopic (exact) mass is 356 g/mol. The van der Waals surface area contributed by atoms with E-state index in [1.165, 1.54) is 37.4 Å². The second kappa shape index (κ2) is 8.85. The maximum absolute atomic E-state index is 12.1. The van der Waals surface area contributed by atoms with E-state index in [-0.39, 0.29) is 5.91 Å². The average Bonchev–Trinajstić information content (AvgIpc) is 2.90. The lowest BCUT2D eigenvalue weighted by Gasteiger charge is -2.21. The summed E-state index contributed by atoms with van der Waals surface area (Å²) in [5.74, 6) is 1.23. The van der Waals surface area contributed by atoms with Gasteiger partial charge in [0.1, 0.15) is 5.82 Å². The van der Waals surface area contributed by atoms with E-state index in [1.807, 2.05) is 37.3 Å². The van der Waals surface area contributed by atoms with Gasteiger partial charge in [0.25, 0.3) is 0 Å². The first-order valence-corrected chi connectivity index (χ1v) is 9.76. The standard InChI is InChI=1S/C19H24N4OS/c1-15-7-6-8-16(13-15)21-18(24)14-25-19-20-10-9-17(22-19)23-11-4-2-3-5-12-23/h6-10,13H,2-5,11-12,14H2,1H3,(H,21,24). The molecule has 0 aliphatic carbocycles. The number of aryl methyl sites for hydroxylation is 1. The number of carbonyl (C=O) groups excluding carboxylic acids is 1. The molecule has 1 aliphatic rings. The smallest absolute Gasteiger partial charge is 0.234 e. The molecule has 0 atom stereocenters. The second-order valence-electron chi connectivity index (χ2n) is 6.31. The minimum Gasteiger partial charge on any atom is -0.356 e. The Labute approximate surface area is 153 Å². The summed E-state index contributed by atoms with van der Waals surface area (Å²) >= 11 is 1.37. The third-order valence-corrected chi connectivity index (χ3v) is 5.04. The molecule has 2 heterocycles. The van der Waals surface area contributed by atoms with Crippen LogP contribution in [-0.4, -0.2) is 34.7 Å². The second-order valence-corrected chi connectivity index (χ2v) is 7.25. The van der Waals surface area contributed by atoms with E-state index >= 15 is 0 Å². The lowest BCUT2D eigenvalue weighted by atomic mass is 10.2. The summed E-state index contributed by atoms with van der Waals surface area (Å²) in [5.41, 5.74) is 1.95. The molecule has 0 bridgehead atoms. The number of anilines is 2. The minimum absolute atomic E-state index is 0.0422. The van der Waals surface area contributed by atoms with Gasteiger partial charge in [-0.3, -0.25) is 4.79 Å². The summed E-state index contributed by atoms with van der Waals surface area (Å²) in [6, 6.07) is 9.76. The Morgan fingerprint density at radius 3 is 2.76 bits per heavy atom. The molecule has 1 aromatic heterocycles. The molecule has 1 N–H and O–H groups in total. The summed E-state index contributed by atoms with van der Waals surface area (Å²) in [6.45, 7) is 4.11. The predicted octanol–water partition coefficient (Wildman–Crippen LogP) is 3.90. The van der Waals surface area contributed by atoms with Crippen molar-refractivity contribution in [1.82, 2.24) is 9.97 Å². The van der Waals surface area contributed by atoms with Crippen LogP contribution in [0.5, 0.6) is 0 Å². The Hall–Kier alpha value is -2.08. The number of rotatable bonds is 5. The molecule has 6 heteroatoms. The number of hydrogen-bond acceptors (Lipinski definition) is 5. The van der Waals surface area contributed by atoms with Gasteiger partial charge in [-0.25, -0.2) is 9.97 Å². The Morgan fingerprint density at radius 1 is 1.20 bits per heavy atom. The van der Waals surface area contributed by atoms with E-state index in [4.69, 9.17) is 0 Å². The average molecular weight is 356 g/mol. The molecule has 3 rings (SSSR count). The third kappa shape index (κ3) is 5.46. The molecular formula is C19H24N4OS. The number of nitrogens with zero attached hydrogens (tertiary/aromatic N) is 3. The van der Waals surface area contributed by atoms with Crippen molar-refractivity contribution in [3.63, 3.8) is 0 Å².